The Morgan fingerprint density at radius 2 is 1.90 bits per heavy atom. The molecule has 0 aromatic rings. The molecular formula is C14H27N3O3S. The molecule has 2 heterocycles. The molecule has 2 fully saturated rings. The molecule has 1 N–H and O–H groups in total. The molecule has 122 valence electrons. The first-order valence-corrected chi connectivity index (χ1v) is 9.54. The molecule has 0 aliphatic carbocycles. The predicted octanol–water partition coefficient (Wildman–Crippen LogP) is -0.437. The SMILES string of the molecule is CN(C)C(=O)CN1CCC(NCC2CCS(=O)(=O)C2)CC1. The molecule has 0 bridgehead atoms. The first kappa shape index (κ1) is 16.7. The number of nitrogens with one attached hydrogen (secondary N) is 1. The lowest BCUT2D eigenvalue weighted by atomic mass is 10.0. The summed E-state index contributed by atoms with van der Waals surface area (Å²) >= 11 is 0. The van der Waals surface area contributed by atoms with E-state index in [1.807, 2.05) is 0 Å². The minimum atomic E-state index is -2.77. The maximum atomic E-state index is 11.7. The zero-order valence-corrected chi connectivity index (χ0v) is 13.9. The van der Waals surface area contributed by atoms with Gasteiger partial charge in [-0.25, -0.2) is 8.42 Å². The minimum Gasteiger partial charge on any atom is -0.348 e. The molecule has 0 aromatic carbocycles. The molecular weight excluding hydrogens is 290 g/mol. The summed E-state index contributed by atoms with van der Waals surface area (Å²) in [5, 5.41) is 3.51. The standard InChI is InChI=1S/C14H27N3O3S/c1-16(2)14(18)10-17-6-3-13(4-7-17)15-9-12-5-8-21(19,20)11-12/h12-13,15H,3-11H2,1-2H3. The second-order valence-electron chi connectivity index (χ2n) is 6.52. The van der Waals surface area contributed by atoms with Crippen LogP contribution in [-0.4, -0.2) is 81.9 Å². The molecule has 1 atom stereocenters. The average Bonchev–Trinajstić information content (AvgIpc) is 2.77. The molecule has 2 aliphatic rings. The van der Waals surface area contributed by atoms with Crippen molar-refractivity contribution in [1.82, 2.24) is 15.1 Å². The van der Waals surface area contributed by atoms with E-state index in [1.54, 1.807) is 19.0 Å². The largest absolute Gasteiger partial charge is 0.348 e. The molecule has 0 radical (unpaired) electrons. The van der Waals surface area contributed by atoms with Crippen molar-refractivity contribution in [3.63, 3.8) is 0 Å². The first-order chi connectivity index (χ1) is 9.85. The van der Waals surface area contributed by atoms with Crippen LogP contribution in [0.15, 0.2) is 0 Å². The Bertz CT molecular complexity index is 456. The Balaban J connectivity index is 1.64. The quantitative estimate of drug-likeness (QED) is 0.745. The highest BCUT2D eigenvalue weighted by molar-refractivity contribution is 7.91. The molecule has 7 heteroatoms. The fourth-order valence-corrected chi connectivity index (χ4v) is 4.86. The summed E-state index contributed by atoms with van der Waals surface area (Å²) in [7, 11) is 0.799. The fraction of sp³-hybridized carbons (Fsp3) is 0.929. The van der Waals surface area contributed by atoms with Gasteiger partial charge in [0.05, 0.1) is 18.1 Å². The van der Waals surface area contributed by atoms with Gasteiger partial charge in [-0.1, -0.05) is 0 Å². The number of carbonyl (C=O) groups is 1. The highest BCUT2D eigenvalue weighted by Crippen LogP contribution is 2.18. The van der Waals surface area contributed by atoms with Crippen molar-refractivity contribution in [3.05, 3.63) is 0 Å². The third-order valence-corrected chi connectivity index (χ3v) is 6.30. The van der Waals surface area contributed by atoms with Gasteiger partial charge in [0.15, 0.2) is 9.84 Å². The normalized spacial score (nSPS) is 26.9. The Labute approximate surface area is 127 Å². The number of likely N-dealkylation sites (tertiary alicyclic amines) is 1. The molecule has 0 aromatic heterocycles. The van der Waals surface area contributed by atoms with E-state index in [2.05, 4.69) is 10.2 Å². The molecule has 6 nitrogen and oxygen atoms in total. The number of rotatable bonds is 5. The summed E-state index contributed by atoms with van der Waals surface area (Å²) in [6.07, 6.45) is 2.85. The lowest BCUT2D eigenvalue weighted by molar-refractivity contribution is -0.130. The zero-order chi connectivity index (χ0) is 15.5. The lowest BCUT2D eigenvalue weighted by Gasteiger charge is -2.33. The van der Waals surface area contributed by atoms with Gasteiger partial charge in [0, 0.05) is 33.2 Å². The molecule has 2 saturated heterocycles. The van der Waals surface area contributed by atoms with E-state index >= 15 is 0 Å². The third-order valence-electron chi connectivity index (χ3n) is 4.47. The number of piperidine rings is 1. The van der Waals surface area contributed by atoms with Crippen molar-refractivity contribution < 1.29 is 13.2 Å². The van der Waals surface area contributed by atoms with E-state index in [0.717, 1.165) is 38.9 Å². The maximum absolute atomic E-state index is 11.7. The van der Waals surface area contributed by atoms with E-state index in [1.165, 1.54) is 0 Å². The number of likely N-dealkylation sites (N-methyl/N-ethyl adjacent to an activating group) is 1. The predicted molar refractivity (Wildman–Crippen MR) is 82.9 cm³/mol. The summed E-state index contributed by atoms with van der Waals surface area (Å²) in [5.41, 5.74) is 0. The van der Waals surface area contributed by atoms with Crippen LogP contribution < -0.4 is 5.32 Å². The van der Waals surface area contributed by atoms with Crippen molar-refractivity contribution in [3.8, 4) is 0 Å². The van der Waals surface area contributed by atoms with Gasteiger partial charge in [-0.15, -0.1) is 0 Å². The van der Waals surface area contributed by atoms with Gasteiger partial charge >= 0.3 is 0 Å². The lowest BCUT2D eigenvalue weighted by Crippen LogP contribution is -2.46. The summed E-state index contributed by atoms with van der Waals surface area (Å²) < 4.78 is 22.8. The second-order valence-corrected chi connectivity index (χ2v) is 8.74. The third kappa shape index (κ3) is 5.23. The molecule has 1 amide bonds. The van der Waals surface area contributed by atoms with Crippen molar-refractivity contribution in [1.29, 1.82) is 0 Å². The fourth-order valence-electron chi connectivity index (χ4n) is 2.99. The van der Waals surface area contributed by atoms with E-state index in [-0.39, 0.29) is 11.8 Å². The summed E-state index contributed by atoms with van der Waals surface area (Å²) in [4.78, 5) is 15.5. The van der Waals surface area contributed by atoms with Crippen LogP contribution in [0.5, 0.6) is 0 Å². The van der Waals surface area contributed by atoms with E-state index in [4.69, 9.17) is 0 Å². The average molecular weight is 317 g/mol. The van der Waals surface area contributed by atoms with Crippen LogP contribution in [0.2, 0.25) is 0 Å². The first-order valence-electron chi connectivity index (χ1n) is 7.72. The molecule has 0 saturated carbocycles. The Morgan fingerprint density at radius 3 is 2.43 bits per heavy atom. The number of sulfone groups is 1. The van der Waals surface area contributed by atoms with Gasteiger partial charge in [-0.2, -0.15) is 0 Å². The molecule has 1 unspecified atom stereocenters. The number of nitrogens with zero attached hydrogens (tertiary/aromatic N) is 2. The topological polar surface area (TPSA) is 69.7 Å². The van der Waals surface area contributed by atoms with Gasteiger partial charge in [-0.3, -0.25) is 9.69 Å². The smallest absolute Gasteiger partial charge is 0.236 e. The summed E-state index contributed by atoms with van der Waals surface area (Å²) in [6.45, 7) is 3.17. The van der Waals surface area contributed by atoms with Crippen molar-refractivity contribution >= 4 is 15.7 Å². The van der Waals surface area contributed by atoms with Crippen LogP contribution >= 0.6 is 0 Å². The second kappa shape index (κ2) is 7.07. The summed E-state index contributed by atoms with van der Waals surface area (Å²) in [5.74, 6) is 1.13. The van der Waals surface area contributed by atoms with Crippen molar-refractivity contribution in [2.24, 2.45) is 5.92 Å². The Hall–Kier alpha value is -0.660. The monoisotopic (exact) mass is 317 g/mol. The van der Waals surface area contributed by atoms with Gasteiger partial charge in [0.1, 0.15) is 0 Å². The number of hydrogen-bond acceptors (Lipinski definition) is 5. The number of carbonyl (C=O) groups excluding carboxylic acids is 1. The van der Waals surface area contributed by atoms with Crippen LogP contribution in [0.25, 0.3) is 0 Å². The van der Waals surface area contributed by atoms with Crippen LogP contribution in [0.4, 0.5) is 0 Å². The van der Waals surface area contributed by atoms with E-state index in [0.29, 0.717) is 24.1 Å². The van der Waals surface area contributed by atoms with Gasteiger partial charge in [0.2, 0.25) is 5.91 Å². The molecule has 21 heavy (non-hydrogen) atoms. The van der Waals surface area contributed by atoms with E-state index < -0.39 is 9.84 Å². The van der Waals surface area contributed by atoms with E-state index in [9.17, 15) is 13.2 Å². The van der Waals surface area contributed by atoms with Crippen LogP contribution in [-0.2, 0) is 14.6 Å². The van der Waals surface area contributed by atoms with Crippen molar-refractivity contribution in [2.75, 3.05) is 51.8 Å². The zero-order valence-electron chi connectivity index (χ0n) is 13.0. The van der Waals surface area contributed by atoms with Crippen LogP contribution in [0, 0.1) is 5.92 Å². The highest BCUT2D eigenvalue weighted by Gasteiger charge is 2.28. The number of hydrogen-bond donors (Lipinski definition) is 1. The number of amides is 1. The van der Waals surface area contributed by atoms with Crippen molar-refractivity contribution in [2.45, 2.75) is 25.3 Å². The van der Waals surface area contributed by atoms with Crippen LogP contribution in [0.3, 0.4) is 0 Å². The molecule has 0 spiro atoms. The minimum absolute atomic E-state index is 0.151. The maximum Gasteiger partial charge on any atom is 0.236 e. The Morgan fingerprint density at radius 1 is 1.24 bits per heavy atom. The van der Waals surface area contributed by atoms with Gasteiger partial charge < -0.3 is 10.2 Å². The molecule has 2 aliphatic heterocycles. The van der Waals surface area contributed by atoms with Gasteiger partial charge in [0.25, 0.3) is 0 Å². The van der Waals surface area contributed by atoms with Gasteiger partial charge in [-0.05, 0) is 31.7 Å². The Kier molecular flexibility index (Phi) is 5.62. The summed E-state index contributed by atoms with van der Waals surface area (Å²) in [6, 6.07) is 0.457. The highest BCUT2D eigenvalue weighted by atomic mass is 32.2. The molecule has 2 rings (SSSR count). The van der Waals surface area contributed by atoms with Crippen LogP contribution in [0.1, 0.15) is 19.3 Å².